The van der Waals surface area contributed by atoms with E-state index < -0.39 is 6.10 Å². The molecule has 0 aliphatic rings. The van der Waals surface area contributed by atoms with Gasteiger partial charge in [0.1, 0.15) is 11.5 Å². The van der Waals surface area contributed by atoms with Gasteiger partial charge in [0, 0.05) is 9.50 Å². The SMILES string of the molecule is Cc1ccc(Cl)cc1Oc1ccc(C(C)O)c(Br)c1. The fourth-order valence-electron chi connectivity index (χ4n) is 1.72. The minimum Gasteiger partial charge on any atom is -0.457 e. The lowest BCUT2D eigenvalue weighted by Crippen LogP contribution is -1.94. The molecule has 0 saturated heterocycles. The van der Waals surface area contributed by atoms with E-state index in [1.807, 2.05) is 37.3 Å². The van der Waals surface area contributed by atoms with Crippen molar-refractivity contribution in [3.63, 3.8) is 0 Å². The van der Waals surface area contributed by atoms with E-state index in [1.165, 1.54) is 0 Å². The van der Waals surface area contributed by atoms with Gasteiger partial charge in [0.2, 0.25) is 0 Å². The fourth-order valence-corrected chi connectivity index (χ4v) is 2.57. The highest BCUT2D eigenvalue weighted by Gasteiger charge is 2.08. The Kier molecular flexibility index (Phi) is 4.50. The van der Waals surface area contributed by atoms with Gasteiger partial charge in [0.25, 0.3) is 0 Å². The molecule has 2 aromatic rings. The van der Waals surface area contributed by atoms with E-state index in [0.717, 1.165) is 21.3 Å². The van der Waals surface area contributed by atoms with Crippen LogP contribution in [0.4, 0.5) is 0 Å². The summed E-state index contributed by atoms with van der Waals surface area (Å²) in [5.74, 6) is 1.42. The Morgan fingerprint density at radius 1 is 1.21 bits per heavy atom. The van der Waals surface area contributed by atoms with Gasteiger partial charge in [-0.25, -0.2) is 0 Å². The third-order valence-electron chi connectivity index (χ3n) is 2.80. The molecule has 0 aromatic heterocycles. The van der Waals surface area contributed by atoms with Crippen LogP contribution in [0, 0.1) is 6.92 Å². The first-order valence-electron chi connectivity index (χ1n) is 5.89. The summed E-state index contributed by atoms with van der Waals surface area (Å²) in [5, 5.41) is 10.2. The number of aryl methyl sites for hydroxylation is 1. The zero-order valence-corrected chi connectivity index (χ0v) is 13.0. The lowest BCUT2D eigenvalue weighted by Gasteiger charge is -2.12. The molecule has 0 heterocycles. The number of aliphatic hydroxyl groups is 1. The molecular weight excluding hydrogens is 328 g/mol. The van der Waals surface area contributed by atoms with Gasteiger partial charge in [-0.15, -0.1) is 0 Å². The summed E-state index contributed by atoms with van der Waals surface area (Å²) in [6, 6.07) is 11.0. The average Bonchev–Trinajstić information content (AvgIpc) is 2.33. The third-order valence-corrected chi connectivity index (χ3v) is 3.72. The second kappa shape index (κ2) is 5.95. The van der Waals surface area contributed by atoms with E-state index in [1.54, 1.807) is 13.0 Å². The van der Waals surface area contributed by atoms with Crippen LogP contribution in [0.1, 0.15) is 24.2 Å². The molecule has 0 spiro atoms. The largest absolute Gasteiger partial charge is 0.457 e. The average molecular weight is 342 g/mol. The highest BCUT2D eigenvalue weighted by Crippen LogP contribution is 2.32. The third kappa shape index (κ3) is 3.50. The smallest absolute Gasteiger partial charge is 0.131 e. The van der Waals surface area contributed by atoms with Crippen molar-refractivity contribution in [2.45, 2.75) is 20.0 Å². The maximum Gasteiger partial charge on any atom is 0.131 e. The molecule has 0 bridgehead atoms. The first-order chi connectivity index (χ1) is 8.97. The highest BCUT2D eigenvalue weighted by atomic mass is 79.9. The van der Waals surface area contributed by atoms with Crippen LogP contribution in [0.5, 0.6) is 11.5 Å². The van der Waals surface area contributed by atoms with Gasteiger partial charge < -0.3 is 9.84 Å². The Hall–Kier alpha value is -1.03. The minimum absolute atomic E-state index is 0.517. The van der Waals surface area contributed by atoms with Crippen molar-refractivity contribution in [1.82, 2.24) is 0 Å². The van der Waals surface area contributed by atoms with E-state index in [4.69, 9.17) is 16.3 Å². The molecule has 0 fully saturated rings. The first-order valence-corrected chi connectivity index (χ1v) is 7.06. The minimum atomic E-state index is -0.517. The molecule has 0 amide bonds. The number of hydrogen-bond acceptors (Lipinski definition) is 2. The summed E-state index contributed by atoms with van der Waals surface area (Å²) in [7, 11) is 0. The Morgan fingerprint density at radius 3 is 2.58 bits per heavy atom. The van der Waals surface area contributed by atoms with E-state index in [9.17, 15) is 5.11 Å². The topological polar surface area (TPSA) is 29.5 Å². The number of ether oxygens (including phenoxy) is 1. The summed E-state index contributed by atoms with van der Waals surface area (Å²) in [6.07, 6.45) is -0.517. The molecular formula is C15H14BrClO2. The van der Waals surface area contributed by atoms with Crippen LogP contribution in [-0.4, -0.2) is 5.11 Å². The highest BCUT2D eigenvalue weighted by molar-refractivity contribution is 9.10. The second-order valence-corrected chi connectivity index (χ2v) is 5.66. The Bertz CT molecular complexity index is 597. The molecule has 19 heavy (non-hydrogen) atoms. The van der Waals surface area contributed by atoms with Gasteiger partial charge in [0.05, 0.1) is 6.10 Å². The summed E-state index contributed by atoms with van der Waals surface area (Å²) in [4.78, 5) is 0. The van der Waals surface area contributed by atoms with Crippen molar-refractivity contribution in [2.75, 3.05) is 0 Å². The lowest BCUT2D eigenvalue weighted by atomic mass is 10.1. The van der Waals surface area contributed by atoms with Crippen LogP contribution < -0.4 is 4.74 Å². The Labute approximate surface area is 126 Å². The van der Waals surface area contributed by atoms with Crippen LogP contribution in [0.3, 0.4) is 0 Å². The second-order valence-electron chi connectivity index (χ2n) is 4.37. The number of rotatable bonds is 3. The van der Waals surface area contributed by atoms with E-state index in [-0.39, 0.29) is 0 Å². The molecule has 0 saturated carbocycles. The lowest BCUT2D eigenvalue weighted by molar-refractivity contribution is 0.198. The van der Waals surface area contributed by atoms with Crippen molar-refractivity contribution in [3.8, 4) is 11.5 Å². The summed E-state index contributed by atoms with van der Waals surface area (Å²) < 4.78 is 6.63. The first kappa shape index (κ1) is 14.4. The van der Waals surface area contributed by atoms with Gasteiger partial charge >= 0.3 is 0 Å². The van der Waals surface area contributed by atoms with Gasteiger partial charge in [-0.2, -0.15) is 0 Å². The molecule has 1 unspecified atom stereocenters. The molecule has 100 valence electrons. The van der Waals surface area contributed by atoms with Crippen molar-refractivity contribution < 1.29 is 9.84 Å². The Balaban J connectivity index is 2.29. The molecule has 0 radical (unpaired) electrons. The normalized spacial score (nSPS) is 12.3. The van der Waals surface area contributed by atoms with Gasteiger partial charge in [-0.3, -0.25) is 0 Å². The maximum absolute atomic E-state index is 9.58. The van der Waals surface area contributed by atoms with Crippen molar-refractivity contribution in [1.29, 1.82) is 0 Å². The monoisotopic (exact) mass is 340 g/mol. The maximum atomic E-state index is 9.58. The zero-order valence-electron chi connectivity index (χ0n) is 10.7. The molecule has 0 aliphatic heterocycles. The zero-order chi connectivity index (χ0) is 14.0. The Morgan fingerprint density at radius 2 is 1.95 bits per heavy atom. The molecule has 2 nitrogen and oxygen atoms in total. The number of benzene rings is 2. The van der Waals surface area contributed by atoms with Crippen LogP contribution in [0.2, 0.25) is 5.02 Å². The van der Waals surface area contributed by atoms with Gasteiger partial charge in [-0.05, 0) is 49.2 Å². The number of hydrogen-bond donors (Lipinski definition) is 1. The standard InChI is InChI=1S/C15H14BrClO2/c1-9-3-4-11(17)7-15(9)19-12-5-6-13(10(2)18)14(16)8-12/h3-8,10,18H,1-2H3. The molecule has 1 N–H and O–H groups in total. The van der Waals surface area contributed by atoms with Crippen LogP contribution in [-0.2, 0) is 0 Å². The quantitative estimate of drug-likeness (QED) is 0.825. The van der Waals surface area contributed by atoms with Crippen LogP contribution >= 0.6 is 27.5 Å². The molecule has 4 heteroatoms. The van der Waals surface area contributed by atoms with E-state index >= 15 is 0 Å². The number of aliphatic hydroxyl groups excluding tert-OH is 1. The van der Waals surface area contributed by atoms with Crippen molar-refractivity contribution in [3.05, 3.63) is 57.0 Å². The van der Waals surface area contributed by atoms with Crippen molar-refractivity contribution in [2.24, 2.45) is 0 Å². The summed E-state index contributed by atoms with van der Waals surface area (Å²) in [6.45, 7) is 3.69. The fraction of sp³-hybridized carbons (Fsp3) is 0.200. The van der Waals surface area contributed by atoms with Crippen molar-refractivity contribution >= 4 is 27.5 Å². The molecule has 2 aromatic carbocycles. The molecule has 0 aliphatic carbocycles. The van der Waals surface area contributed by atoms with E-state index in [0.29, 0.717) is 10.8 Å². The molecule has 1 atom stereocenters. The summed E-state index contributed by atoms with van der Waals surface area (Å²) in [5.41, 5.74) is 1.84. The predicted molar refractivity (Wildman–Crippen MR) is 81.0 cm³/mol. The van der Waals surface area contributed by atoms with Gasteiger partial charge in [-0.1, -0.05) is 39.7 Å². The van der Waals surface area contributed by atoms with E-state index in [2.05, 4.69) is 15.9 Å². The van der Waals surface area contributed by atoms with Crippen LogP contribution in [0.25, 0.3) is 0 Å². The summed E-state index contributed by atoms with van der Waals surface area (Å²) >= 11 is 9.39. The number of halogens is 2. The van der Waals surface area contributed by atoms with Gasteiger partial charge in [0.15, 0.2) is 0 Å². The molecule has 2 rings (SSSR count). The predicted octanol–water partition coefficient (Wildman–Crippen LogP) is 5.26. The van der Waals surface area contributed by atoms with Crippen LogP contribution in [0.15, 0.2) is 40.9 Å².